The van der Waals surface area contributed by atoms with Crippen molar-refractivity contribution < 1.29 is 9.21 Å². The lowest BCUT2D eigenvalue weighted by atomic mass is 10.1. The number of amides is 1. The number of furan rings is 1. The van der Waals surface area contributed by atoms with E-state index in [-0.39, 0.29) is 5.91 Å². The summed E-state index contributed by atoms with van der Waals surface area (Å²) in [7, 11) is 0. The topological polar surface area (TPSA) is 70.9 Å². The summed E-state index contributed by atoms with van der Waals surface area (Å²) in [6.07, 6.45) is 1.48. The van der Waals surface area contributed by atoms with Crippen LogP contribution >= 0.6 is 0 Å². The van der Waals surface area contributed by atoms with Crippen LogP contribution in [0.3, 0.4) is 0 Å². The average molecular weight is 255 g/mol. The summed E-state index contributed by atoms with van der Waals surface area (Å²) in [6, 6.07) is 7.45. The number of carbonyl (C=O) groups is 1. The molecule has 0 bridgehead atoms. The van der Waals surface area contributed by atoms with Crippen LogP contribution in [0.25, 0.3) is 11.0 Å². The van der Waals surface area contributed by atoms with Crippen LogP contribution < -0.4 is 5.32 Å². The Morgan fingerprint density at radius 2 is 2.11 bits per heavy atom. The summed E-state index contributed by atoms with van der Waals surface area (Å²) < 4.78 is 5.37. The molecule has 0 atom stereocenters. The molecular formula is C14H13N3O2. The molecule has 3 rings (SSSR count). The van der Waals surface area contributed by atoms with Crippen molar-refractivity contribution >= 4 is 22.6 Å². The molecule has 2 aromatic heterocycles. The number of hydrogen-bond acceptors (Lipinski definition) is 3. The molecule has 0 unspecified atom stereocenters. The first-order chi connectivity index (χ1) is 9.16. The van der Waals surface area contributed by atoms with E-state index in [0.29, 0.717) is 11.1 Å². The largest absolute Gasteiger partial charge is 0.463 e. The number of aromatic nitrogens is 2. The van der Waals surface area contributed by atoms with Crippen LogP contribution in [0.1, 0.15) is 21.7 Å². The number of aromatic amines is 1. The normalized spacial score (nSPS) is 10.8. The molecular weight excluding hydrogens is 242 g/mol. The van der Waals surface area contributed by atoms with E-state index >= 15 is 0 Å². The van der Waals surface area contributed by atoms with Crippen LogP contribution in [0.15, 0.2) is 34.9 Å². The highest BCUT2D eigenvalue weighted by Gasteiger charge is 2.16. The minimum absolute atomic E-state index is 0.197. The van der Waals surface area contributed by atoms with Gasteiger partial charge in [-0.05, 0) is 19.9 Å². The van der Waals surface area contributed by atoms with Crippen LogP contribution in [0.4, 0.5) is 5.69 Å². The standard InChI is InChI=1S/C14H13N3O2/c1-8-13(9(2)17-16-8)15-14(18)11-7-19-12-6-4-3-5-10(11)12/h3-7H,1-2H3,(H,15,18)(H,16,17). The molecule has 0 radical (unpaired) electrons. The highest BCUT2D eigenvalue weighted by atomic mass is 16.3. The van der Waals surface area contributed by atoms with E-state index in [9.17, 15) is 4.79 Å². The molecule has 0 fully saturated rings. The Morgan fingerprint density at radius 3 is 2.84 bits per heavy atom. The third-order valence-corrected chi connectivity index (χ3v) is 3.09. The fraction of sp³-hybridized carbons (Fsp3) is 0.143. The molecule has 3 aromatic rings. The van der Waals surface area contributed by atoms with E-state index < -0.39 is 0 Å². The van der Waals surface area contributed by atoms with Crippen molar-refractivity contribution in [1.29, 1.82) is 0 Å². The van der Waals surface area contributed by atoms with Crippen molar-refractivity contribution in [1.82, 2.24) is 10.2 Å². The quantitative estimate of drug-likeness (QED) is 0.739. The zero-order valence-corrected chi connectivity index (χ0v) is 10.7. The third kappa shape index (κ3) is 1.89. The van der Waals surface area contributed by atoms with Crippen LogP contribution in [0, 0.1) is 13.8 Å². The van der Waals surface area contributed by atoms with Gasteiger partial charge in [0.15, 0.2) is 0 Å². The molecule has 96 valence electrons. The molecule has 5 nitrogen and oxygen atoms in total. The number of rotatable bonds is 2. The number of carbonyl (C=O) groups excluding carboxylic acids is 1. The Hall–Kier alpha value is -2.56. The van der Waals surface area contributed by atoms with Gasteiger partial charge in [-0.15, -0.1) is 0 Å². The van der Waals surface area contributed by atoms with E-state index in [1.54, 1.807) is 0 Å². The van der Waals surface area contributed by atoms with Gasteiger partial charge in [0, 0.05) is 5.39 Å². The molecule has 2 heterocycles. The highest BCUT2D eigenvalue weighted by molar-refractivity contribution is 6.12. The van der Waals surface area contributed by atoms with Gasteiger partial charge in [-0.25, -0.2) is 0 Å². The predicted molar refractivity (Wildman–Crippen MR) is 72.2 cm³/mol. The maximum atomic E-state index is 12.3. The minimum Gasteiger partial charge on any atom is -0.463 e. The monoisotopic (exact) mass is 255 g/mol. The second kappa shape index (κ2) is 4.28. The Morgan fingerprint density at radius 1 is 1.32 bits per heavy atom. The molecule has 0 saturated heterocycles. The molecule has 0 saturated carbocycles. The summed E-state index contributed by atoms with van der Waals surface area (Å²) in [6.45, 7) is 3.70. The van der Waals surface area contributed by atoms with Gasteiger partial charge in [0.1, 0.15) is 11.8 Å². The van der Waals surface area contributed by atoms with E-state index in [2.05, 4.69) is 15.5 Å². The fourth-order valence-corrected chi connectivity index (χ4v) is 2.07. The van der Waals surface area contributed by atoms with Crippen molar-refractivity contribution in [2.45, 2.75) is 13.8 Å². The summed E-state index contributed by atoms with van der Waals surface area (Å²) in [4.78, 5) is 12.3. The number of anilines is 1. The van der Waals surface area contributed by atoms with Crippen molar-refractivity contribution in [2.24, 2.45) is 0 Å². The minimum atomic E-state index is -0.197. The molecule has 0 aliphatic heterocycles. The smallest absolute Gasteiger partial charge is 0.259 e. The van der Waals surface area contributed by atoms with Crippen molar-refractivity contribution in [3.05, 3.63) is 47.5 Å². The second-order valence-corrected chi connectivity index (χ2v) is 4.41. The summed E-state index contributed by atoms with van der Waals surface area (Å²) >= 11 is 0. The number of para-hydroxylation sites is 1. The number of benzene rings is 1. The number of hydrogen-bond donors (Lipinski definition) is 2. The number of nitrogens with one attached hydrogen (secondary N) is 2. The first kappa shape index (κ1) is 11.5. The third-order valence-electron chi connectivity index (χ3n) is 3.09. The Labute approximate surface area is 109 Å². The first-order valence-corrected chi connectivity index (χ1v) is 5.96. The summed E-state index contributed by atoms with van der Waals surface area (Å²) in [5.74, 6) is -0.197. The van der Waals surface area contributed by atoms with E-state index in [0.717, 1.165) is 22.5 Å². The number of H-pyrrole nitrogens is 1. The first-order valence-electron chi connectivity index (χ1n) is 5.96. The maximum absolute atomic E-state index is 12.3. The van der Waals surface area contributed by atoms with Crippen molar-refractivity contribution in [3.63, 3.8) is 0 Å². The molecule has 1 amide bonds. The van der Waals surface area contributed by atoms with Gasteiger partial charge >= 0.3 is 0 Å². The van der Waals surface area contributed by atoms with Gasteiger partial charge in [0.2, 0.25) is 0 Å². The molecule has 0 aliphatic rings. The molecule has 0 spiro atoms. The van der Waals surface area contributed by atoms with Gasteiger partial charge in [0.05, 0.1) is 22.6 Å². The predicted octanol–water partition coefficient (Wildman–Crippen LogP) is 3.03. The summed E-state index contributed by atoms with van der Waals surface area (Å²) in [5, 5.41) is 10.6. The number of aryl methyl sites for hydroxylation is 2. The molecule has 0 aliphatic carbocycles. The van der Waals surface area contributed by atoms with Gasteiger partial charge in [-0.3, -0.25) is 9.89 Å². The number of fused-ring (bicyclic) bond motifs is 1. The van der Waals surface area contributed by atoms with Crippen LogP contribution in [0.5, 0.6) is 0 Å². The van der Waals surface area contributed by atoms with Gasteiger partial charge in [-0.2, -0.15) is 5.10 Å². The Bertz CT molecular complexity index is 735. The highest BCUT2D eigenvalue weighted by Crippen LogP contribution is 2.23. The van der Waals surface area contributed by atoms with E-state index in [1.807, 2.05) is 38.1 Å². The lowest BCUT2D eigenvalue weighted by Gasteiger charge is -2.03. The SMILES string of the molecule is Cc1n[nH]c(C)c1NC(=O)c1coc2ccccc12. The van der Waals surface area contributed by atoms with E-state index in [4.69, 9.17) is 4.42 Å². The lowest BCUT2D eigenvalue weighted by Crippen LogP contribution is -2.12. The van der Waals surface area contributed by atoms with Gasteiger partial charge in [-0.1, -0.05) is 18.2 Å². The van der Waals surface area contributed by atoms with Gasteiger partial charge in [0.25, 0.3) is 5.91 Å². The number of nitrogens with zero attached hydrogens (tertiary/aromatic N) is 1. The van der Waals surface area contributed by atoms with Crippen LogP contribution in [-0.4, -0.2) is 16.1 Å². The fourth-order valence-electron chi connectivity index (χ4n) is 2.07. The molecule has 1 aromatic carbocycles. The van der Waals surface area contributed by atoms with Crippen LogP contribution in [0.2, 0.25) is 0 Å². The molecule has 5 heteroatoms. The zero-order chi connectivity index (χ0) is 13.4. The average Bonchev–Trinajstić information content (AvgIpc) is 2.97. The Kier molecular flexibility index (Phi) is 2.59. The van der Waals surface area contributed by atoms with Crippen molar-refractivity contribution in [2.75, 3.05) is 5.32 Å². The van der Waals surface area contributed by atoms with E-state index in [1.165, 1.54) is 6.26 Å². The zero-order valence-electron chi connectivity index (χ0n) is 10.7. The van der Waals surface area contributed by atoms with Crippen molar-refractivity contribution in [3.8, 4) is 0 Å². The van der Waals surface area contributed by atoms with Crippen LogP contribution in [-0.2, 0) is 0 Å². The molecule has 19 heavy (non-hydrogen) atoms. The second-order valence-electron chi connectivity index (χ2n) is 4.41. The van der Waals surface area contributed by atoms with Gasteiger partial charge < -0.3 is 9.73 Å². The Balaban J connectivity index is 1.97. The lowest BCUT2D eigenvalue weighted by molar-refractivity contribution is 0.102. The molecule has 2 N–H and O–H groups in total. The summed E-state index contributed by atoms with van der Waals surface area (Å²) in [5.41, 5.74) is 3.54. The maximum Gasteiger partial charge on any atom is 0.259 e.